The number of carbonyl (C=O) groups excluding carboxylic acids is 2. The highest BCUT2D eigenvalue weighted by molar-refractivity contribution is 9.10. The summed E-state index contributed by atoms with van der Waals surface area (Å²) in [6.07, 6.45) is 0. The van der Waals surface area contributed by atoms with E-state index in [2.05, 4.69) is 26.1 Å². The fourth-order valence-corrected chi connectivity index (χ4v) is 4.09. The molecule has 1 N–H and O–H groups in total. The zero-order valence-corrected chi connectivity index (χ0v) is 19.6. The van der Waals surface area contributed by atoms with Crippen LogP contribution in [0.2, 0.25) is 5.02 Å². The van der Waals surface area contributed by atoms with E-state index in [4.69, 9.17) is 16.3 Å². The van der Waals surface area contributed by atoms with Crippen molar-refractivity contribution in [1.82, 2.24) is 4.90 Å². The SMILES string of the molecule is COc1ccc(Br)cc1C(=O)Nc1ccc(N2CCN(C(=O)C(C)C)CC2)c(Cl)c1. The number of piperazine rings is 1. The summed E-state index contributed by atoms with van der Waals surface area (Å²) in [6.45, 7) is 6.63. The summed E-state index contributed by atoms with van der Waals surface area (Å²) in [7, 11) is 1.53. The molecule has 0 aliphatic carbocycles. The fourth-order valence-electron chi connectivity index (χ4n) is 3.43. The van der Waals surface area contributed by atoms with Crippen molar-refractivity contribution < 1.29 is 14.3 Å². The first-order chi connectivity index (χ1) is 14.3. The van der Waals surface area contributed by atoms with Crippen LogP contribution >= 0.6 is 27.5 Å². The topological polar surface area (TPSA) is 61.9 Å². The number of benzene rings is 2. The van der Waals surface area contributed by atoms with Crippen molar-refractivity contribution in [2.45, 2.75) is 13.8 Å². The van der Waals surface area contributed by atoms with E-state index in [1.807, 2.05) is 36.9 Å². The zero-order chi connectivity index (χ0) is 21.8. The quantitative estimate of drug-likeness (QED) is 0.656. The molecule has 30 heavy (non-hydrogen) atoms. The molecule has 1 saturated heterocycles. The van der Waals surface area contributed by atoms with Crippen molar-refractivity contribution in [3.63, 3.8) is 0 Å². The molecular weight excluding hydrogens is 470 g/mol. The minimum atomic E-state index is -0.280. The van der Waals surface area contributed by atoms with E-state index in [9.17, 15) is 9.59 Å². The van der Waals surface area contributed by atoms with Crippen molar-refractivity contribution in [2.75, 3.05) is 43.5 Å². The summed E-state index contributed by atoms with van der Waals surface area (Å²) in [6, 6.07) is 10.7. The highest BCUT2D eigenvalue weighted by atomic mass is 79.9. The summed E-state index contributed by atoms with van der Waals surface area (Å²) in [5.74, 6) is 0.402. The van der Waals surface area contributed by atoms with E-state index >= 15 is 0 Å². The first-order valence-corrected chi connectivity index (χ1v) is 11.0. The Bertz CT molecular complexity index is 943. The molecule has 1 fully saturated rings. The number of nitrogens with zero attached hydrogens (tertiary/aromatic N) is 2. The molecule has 0 saturated carbocycles. The third-order valence-corrected chi connectivity index (χ3v) is 5.83. The predicted molar refractivity (Wildman–Crippen MR) is 124 cm³/mol. The molecule has 0 spiro atoms. The number of halogens is 2. The lowest BCUT2D eigenvalue weighted by Crippen LogP contribution is -2.50. The lowest BCUT2D eigenvalue weighted by molar-refractivity contribution is -0.134. The van der Waals surface area contributed by atoms with Gasteiger partial charge in [-0.1, -0.05) is 41.4 Å². The lowest BCUT2D eigenvalue weighted by Gasteiger charge is -2.37. The number of amides is 2. The molecule has 2 aromatic carbocycles. The van der Waals surface area contributed by atoms with Gasteiger partial charge < -0.3 is 19.9 Å². The van der Waals surface area contributed by atoms with Gasteiger partial charge in [-0.2, -0.15) is 0 Å². The van der Waals surface area contributed by atoms with Crippen molar-refractivity contribution in [1.29, 1.82) is 0 Å². The van der Waals surface area contributed by atoms with E-state index in [-0.39, 0.29) is 17.7 Å². The van der Waals surface area contributed by atoms with Crippen LogP contribution in [0.5, 0.6) is 5.75 Å². The number of ether oxygens (including phenoxy) is 1. The van der Waals surface area contributed by atoms with Gasteiger partial charge in [-0.05, 0) is 36.4 Å². The largest absolute Gasteiger partial charge is 0.496 e. The van der Waals surface area contributed by atoms with Gasteiger partial charge in [0.15, 0.2) is 0 Å². The van der Waals surface area contributed by atoms with Crippen LogP contribution in [0, 0.1) is 5.92 Å². The third-order valence-electron chi connectivity index (χ3n) is 5.04. The Labute approximate surface area is 190 Å². The molecule has 1 aliphatic heterocycles. The molecule has 0 bridgehead atoms. The van der Waals surface area contributed by atoms with E-state index in [0.717, 1.165) is 23.2 Å². The average molecular weight is 495 g/mol. The molecule has 0 atom stereocenters. The number of nitrogens with one attached hydrogen (secondary N) is 1. The van der Waals surface area contributed by atoms with Gasteiger partial charge in [-0.15, -0.1) is 0 Å². The van der Waals surface area contributed by atoms with Crippen LogP contribution in [0.4, 0.5) is 11.4 Å². The molecule has 3 rings (SSSR count). The van der Waals surface area contributed by atoms with Crippen LogP contribution in [0.1, 0.15) is 24.2 Å². The molecule has 0 unspecified atom stereocenters. The van der Waals surface area contributed by atoms with Crippen LogP contribution in [0.25, 0.3) is 0 Å². The first-order valence-electron chi connectivity index (χ1n) is 9.78. The number of hydrogen-bond donors (Lipinski definition) is 1. The Morgan fingerprint density at radius 1 is 1.10 bits per heavy atom. The number of rotatable bonds is 5. The van der Waals surface area contributed by atoms with Gasteiger partial charge in [0, 0.05) is 42.3 Å². The molecule has 2 aromatic rings. The summed E-state index contributed by atoms with van der Waals surface area (Å²) in [5.41, 5.74) is 1.92. The normalized spacial score (nSPS) is 14.1. The highest BCUT2D eigenvalue weighted by Crippen LogP contribution is 2.31. The number of anilines is 2. The Balaban J connectivity index is 1.68. The summed E-state index contributed by atoms with van der Waals surface area (Å²) < 4.78 is 6.07. The standard InChI is InChI=1S/C22H25BrClN3O3/c1-14(2)22(29)27-10-8-26(9-11-27)19-6-5-16(13-18(19)24)25-21(28)17-12-15(23)4-7-20(17)30-3/h4-7,12-14H,8-11H2,1-3H3,(H,25,28). The molecule has 1 heterocycles. The maximum Gasteiger partial charge on any atom is 0.259 e. The smallest absolute Gasteiger partial charge is 0.259 e. The monoisotopic (exact) mass is 493 g/mol. The molecule has 1 aliphatic rings. The fraction of sp³-hybridized carbons (Fsp3) is 0.364. The van der Waals surface area contributed by atoms with Crippen molar-refractivity contribution in [3.05, 3.63) is 51.5 Å². The van der Waals surface area contributed by atoms with Crippen LogP contribution in [-0.4, -0.2) is 50.0 Å². The summed E-state index contributed by atoms with van der Waals surface area (Å²) in [4.78, 5) is 28.9. The summed E-state index contributed by atoms with van der Waals surface area (Å²) >= 11 is 9.90. The Kier molecular flexibility index (Phi) is 7.26. The van der Waals surface area contributed by atoms with E-state index < -0.39 is 0 Å². The average Bonchev–Trinajstić information content (AvgIpc) is 2.73. The minimum absolute atomic E-state index is 0.00638. The van der Waals surface area contributed by atoms with Crippen LogP contribution in [-0.2, 0) is 4.79 Å². The minimum Gasteiger partial charge on any atom is -0.496 e. The van der Waals surface area contributed by atoms with Gasteiger partial charge in [-0.25, -0.2) is 0 Å². The van der Waals surface area contributed by atoms with Gasteiger partial charge in [0.05, 0.1) is 23.4 Å². The second kappa shape index (κ2) is 9.71. The number of hydrogen-bond acceptors (Lipinski definition) is 4. The van der Waals surface area contributed by atoms with Crippen LogP contribution < -0.4 is 15.0 Å². The van der Waals surface area contributed by atoms with E-state index in [1.54, 1.807) is 18.2 Å². The maximum absolute atomic E-state index is 12.7. The second-order valence-corrected chi connectivity index (χ2v) is 8.75. The highest BCUT2D eigenvalue weighted by Gasteiger charge is 2.24. The lowest BCUT2D eigenvalue weighted by atomic mass is 10.1. The van der Waals surface area contributed by atoms with Crippen LogP contribution in [0.15, 0.2) is 40.9 Å². The molecule has 6 nitrogen and oxygen atoms in total. The molecular formula is C22H25BrClN3O3. The zero-order valence-electron chi connectivity index (χ0n) is 17.2. The van der Waals surface area contributed by atoms with Gasteiger partial charge in [-0.3, -0.25) is 9.59 Å². The number of carbonyl (C=O) groups is 2. The molecule has 2 amide bonds. The van der Waals surface area contributed by atoms with Crippen molar-refractivity contribution >= 4 is 50.7 Å². The van der Waals surface area contributed by atoms with E-state index in [0.29, 0.717) is 35.1 Å². The third kappa shape index (κ3) is 5.08. The Morgan fingerprint density at radius 3 is 2.40 bits per heavy atom. The van der Waals surface area contributed by atoms with Gasteiger partial charge in [0.2, 0.25) is 5.91 Å². The molecule has 0 radical (unpaired) electrons. The van der Waals surface area contributed by atoms with Gasteiger partial charge >= 0.3 is 0 Å². The Hall–Kier alpha value is -2.25. The van der Waals surface area contributed by atoms with E-state index in [1.165, 1.54) is 7.11 Å². The second-order valence-electron chi connectivity index (χ2n) is 7.43. The first kappa shape index (κ1) is 22.4. The predicted octanol–water partition coefficient (Wildman–Crippen LogP) is 4.67. The summed E-state index contributed by atoms with van der Waals surface area (Å²) in [5, 5.41) is 3.42. The molecule has 160 valence electrons. The number of methoxy groups -OCH3 is 1. The van der Waals surface area contributed by atoms with Gasteiger partial charge in [0.1, 0.15) is 5.75 Å². The van der Waals surface area contributed by atoms with Gasteiger partial charge in [0.25, 0.3) is 5.91 Å². The Morgan fingerprint density at radius 2 is 1.80 bits per heavy atom. The van der Waals surface area contributed by atoms with Crippen LogP contribution in [0.3, 0.4) is 0 Å². The molecule has 8 heteroatoms. The van der Waals surface area contributed by atoms with Crippen molar-refractivity contribution in [3.8, 4) is 5.75 Å². The van der Waals surface area contributed by atoms with Crippen molar-refractivity contribution in [2.24, 2.45) is 5.92 Å². The molecule has 0 aromatic heterocycles. The maximum atomic E-state index is 12.7.